The number of hydrogen-bond donors (Lipinski definition) is 4. The molecule has 0 bridgehead atoms. The normalized spacial score (nSPS) is 11.1. The van der Waals surface area contributed by atoms with E-state index >= 15 is 0 Å². The summed E-state index contributed by atoms with van der Waals surface area (Å²) in [7, 11) is 0. The van der Waals surface area contributed by atoms with Gasteiger partial charge in [-0.25, -0.2) is 0 Å². The molecule has 0 radical (unpaired) electrons. The summed E-state index contributed by atoms with van der Waals surface area (Å²) in [5.41, 5.74) is 7.10. The number of nitrogens with two attached hydrogens (primary N) is 1. The second-order valence-electron chi connectivity index (χ2n) is 4.83. The van der Waals surface area contributed by atoms with E-state index in [1.165, 1.54) is 0 Å². The molecule has 5 nitrogen and oxygen atoms in total. The van der Waals surface area contributed by atoms with E-state index in [-0.39, 0.29) is 12.5 Å². The van der Waals surface area contributed by atoms with Crippen molar-refractivity contribution in [1.29, 1.82) is 0 Å². The van der Waals surface area contributed by atoms with Gasteiger partial charge in [0.1, 0.15) is 0 Å². The van der Waals surface area contributed by atoms with Crippen LogP contribution in [0.3, 0.4) is 0 Å². The number of nitrogens with one attached hydrogen (secondary N) is 2. The van der Waals surface area contributed by atoms with Crippen molar-refractivity contribution < 1.29 is 9.90 Å². The maximum atomic E-state index is 11.7. The molecule has 18 heavy (non-hydrogen) atoms. The van der Waals surface area contributed by atoms with Crippen LogP contribution < -0.4 is 16.4 Å². The Morgan fingerprint density at radius 2 is 2.11 bits per heavy atom. The van der Waals surface area contributed by atoms with Crippen molar-refractivity contribution in [2.24, 2.45) is 0 Å². The van der Waals surface area contributed by atoms with Gasteiger partial charge in [-0.2, -0.15) is 0 Å². The third kappa shape index (κ3) is 3.63. The third-order valence-electron chi connectivity index (χ3n) is 2.52. The van der Waals surface area contributed by atoms with Gasteiger partial charge < -0.3 is 21.5 Å². The standard InChI is InChI=1S/C13H21N3O2/c1-4-15-12(18)9-5-6-10(14)11(7-9)16-13(2,3)8-17/h5-7,16-17H,4,8,14H2,1-3H3,(H,15,18). The molecule has 1 rings (SSSR count). The first kappa shape index (κ1) is 14.3. The van der Waals surface area contributed by atoms with Crippen LogP contribution in [0.2, 0.25) is 0 Å². The number of carbonyl (C=O) groups excluding carboxylic acids is 1. The highest BCUT2D eigenvalue weighted by Crippen LogP contribution is 2.23. The van der Waals surface area contributed by atoms with Crippen LogP contribution in [0, 0.1) is 0 Å². The summed E-state index contributed by atoms with van der Waals surface area (Å²) in [5, 5.41) is 15.1. The van der Waals surface area contributed by atoms with Gasteiger partial charge in [0, 0.05) is 12.1 Å². The van der Waals surface area contributed by atoms with Gasteiger partial charge in [-0.1, -0.05) is 0 Å². The van der Waals surface area contributed by atoms with Crippen molar-refractivity contribution in [3.63, 3.8) is 0 Å². The molecule has 0 heterocycles. The lowest BCUT2D eigenvalue weighted by atomic mass is 10.1. The maximum absolute atomic E-state index is 11.7. The molecule has 0 saturated carbocycles. The fourth-order valence-corrected chi connectivity index (χ4v) is 1.47. The molecule has 0 aliphatic rings. The summed E-state index contributed by atoms with van der Waals surface area (Å²) in [6, 6.07) is 5.05. The minimum absolute atomic E-state index is 0.0299. The first-order chi connectivity index (χ1) is 8.39. The highest BCUT2D eigenvalue weighted by atomic mass is 16.3. The molecule has 0 atom stereocenters. The molecule has 0 unspecified atom stereocenters. The van der Waals surface area contributed by atoms with Crippen molar-refractivity contribution >= 4 is 17.3 Å². The second kappa shape index (κ2) is 5.73. The largest absolute Gasteiger partial charge is 0.397 e. The first-order valence-electron chi connectivity index (χ1n) is 5.96. The highest BCUT2D eigenvalue weighted by molar-refractivity contribution is 5.96. The average molecular weight is 251 g/mol. The Morgan fingerprint density at radius 1 is 1.44 bits per heavy atom. The van der Waals surface area contributed by atoms with E-state index in [9.17, 15) is 9.90 Å². The van der Waals surface area contributed by atoms with Crippen LogP contribution in [0.25, 0.3) is 0 Å². The first-order valence-corrected chi connectivity index (χ1v) is 5.96. The van der Waals surface area contributed by atoms with Gasteiger partial charge >= 0.3 is 0 Å². The van der Waals surface area contributed by atoms with E-state index in [0.717, 1.165) is 0 Å². The van der Waals surface area contributed by atoms with Crippen LogP contribution in [0.5, 0.6) is 0 Å². The predicted octanol–water partition coefficient (Wildman–Crippen LogP) is 1.20. The summed E-state index contributed by atoms with van der Waals surface area (Å²) in [6.45, 7) is 6.12. The van der Waals surface area contributed by atoms with Gasteiger partial charge in [-0.05, 0) is 39.0 Å². The lowest BCUT2D eigenvalue weighted by Crippen LogP contribution is -2.35. The second-order valence-corrected chi connectivity index (χ2v) is 4.83. The lowest BCUT2D eigenvalue weighted by Gasteiger charge is -2.26. The summed E-state index contributed by atoms with van der Waals surface area (Å²) >= 11 is 0. The zero-order chi connectivity index (χ0) is 13.8. The Labute approximate surface area is 107 Å². The Hall–Kier alpha value is -1.75. The van der Waals surface area contributed by atoms with Gasteiger partial charge in [0.15, 0.2) is 0 Å². The van der Waals surface area contributed by atoms with Gasteiger partial charge in [0.25, 0.3) is 5.91 Å². The number of aliphatic hydroxyl groups excluding tert-OH is 1. The molecular formula is C13H21N3O2. The van der Waals surface area contributed by atoms with Gasteiger partial charge in [-0.3, -0.25) is 4.79 Å². The maximum Gasteiger partial charge on any atom is 0.251 e. The molecule has 5 heteroatoms. The Kier molecular flexibility index (Phi) is 4.55. The fourth-order valence-electron chi connectivity index (χ4n) is 1.47. The van der Waals surface area contributed by atoms with Crippen molar-refractivity contribution in [1.82, 2.24) is 5.32 Å². The quantitative estimate of drug-likeness (QED) is 0.592. The van der Waals surface area contributed by atoms with Crippen molar-refractivity contribution in [3.8, 4) is 0 Å². The summed E-state index contributed by atoms with van der Waals surface area (Å²) in [5.74, 6) is -0.137. The molecule has 0 spiro atoms. The van der Waals surface area contributed by atoms with Crippen LogP contribution in [0.1, 0.15) is 31.1 Å². The summed E-state index contributed by atoms with van der Waals surface area (Å²) < 4.78 is 0. The minimum Gasteiger partial charge on any atom is -0.397 e. The van der Waals surface area contributed by atoms with Crippen LogP contribution in [-0.2, 0) is 0 Å². The molecule has 0 aliphatic carbocycles. The number of amides is 1. The third-order valence-corrected chi connectivity index (χ3v) is 2.52. The number of anilines is 2. The van der Waals surface area contributed by atoms with E-state index in [0.29, 0.717) is 23.5 Å². The number of benzene rings is 1. The molecule has 100 valence electrons. The monoisotopic (exact) mass is 251 g/mol. The number of carbonyl (C=O) groups is 1. The zero-order valence-corrected chi connectivity index (χ0v) is 11.1. The van der Waals surface area contributed by atoms with E-state index in [1.807, 2.05) is 20.8 Å². The van der Waals surface area contributed by atoms with E-state index in [1.54, 1.807) is 18.2 Å². The molecule has 0 aliphatic heterocycles. The van der Waals surface area contributed by atoms with Gasteiger partial charge in [0.05, 0.1) is 23.5 Å². The molecule has 0 aromatic heterocycles. The predicted molar refractivity (Wildman–Crippen MR) is 73.6 cm³/mol. The van der Waals surface area contributed by atoms with Crippen LogP contribution in [-0.4, -0.2) is 29.7 Å². The SMILES string of the molecule is CCNC(=O)c1ccc(N)c(NC(C)(C)CO)c1. The smallest absolute Gasteiger partial charge is 0.251 e. The van der Waals surface area contributed by atoms with E-state index in [2.05, 4.69) is 10.6 Å². The topological polar surface area (TPSA) is 87.4 Å². The van der Waals surface area contributed by atoms with Gasteiger partial charge in [-0.15, -0.1) is 0 Å². The molecule has 0 fully saturated rings. The summed E-state index contributed by atoms with van der Waals surface area (Å²) in [6.07, 6.45) is 0. The lowest BCUT2D eigenvalue weighted by molar-refractivity contribution is 0.0956. The van der Waals surface area contributed by atoms with Crippen LogP contribution >= 0.6 is 0 Å². The Balaban J connectivity index is 2.98. The highest BCUT2D eigenvalue weighted by Gasteiger charge is 2.17. The van der Waals surface area contributed by atoms with Crippen molar-refractivity contribution in [2.45, 2.75) is 26.3 Å². The number of aliphatic hydroxyl groups is 1. The Bertz CT molecular complexity index is 430. The molecule has 5 N–H and O–H groups in total. The average Bonchev–Trinajstić information content (AvgIpc) is 2.32. The van der Waals surface area contributed by atoms with Gasteiger partial charge in [0.2, 0.25) is 0 Å². The molecular weight excluding hydrogens is 230 g/mol. The number of hydrogen-bond acceptors (Lipinski definition) is 4. The zero-order valence-electron chi connectivity index (χ0n) is 11.1. The number of nitrogen functional groups attached to an aromatic ring is 1. The molecule has 0 saturated heterocycles. The Morgan fingerprint density at radius 3 is 2.67 bits per heavy atom. The van der Waals surface area contributed by atoms with Crippen LogP contribution in [0.4, 0.5) is 11.4 Å². The van der Waals surface area contributed by atoms with Crippen LogP contribution in [0.15, 0.2) is 18.2 Å². The minimum atomic E-state index is -0.492. The molecule has 1 amide bonds. The van der Waals surface area contributed by atoms with E-state index in [4.69, 9.17) is 5.73 Å². The number of rotatable bonds is 5. The van der Waals surface area contributed by atoms with E-state index < -0.39 is 5.54 Å². The molecule has 1 aromatic carbocycles. The van der Waals surface area contributed by atoms with Crippen molar-refractivity contribution in [3.05, 3.63) is 23.8 Å². The fraction of sp³-hybridized carbons (Fsp3) is 0.462. The molecule has 1 aromatic rings. The summed E-state index contributed by atoms with van der Waals surface area (Å²) in [4.78, 5) is 11.7. The van der Waals surface area contributed by atoms with Crippen molar-refractivity contribution in [2.75, 3.05) is 24.2 Å².